The molecular weight excluding hydrogens is 304 g/mol. The number of ether oxygens (including phenoxy) is 3. The fraction of sp³-hybridized carbons (Fsp3) is 0.400. The van der Waals surface area contributed by atoms with E-state index in [1.54, 1.807) is 26.4 Å². The van der Waals surface area contributed by atoms with E-state index in [9.17, 15) is 5.11 Å². The Labute approximate surface area is 143 Å². The number of aromatic hydroxyl groups is 1. The van der Waals surface area contributed by atoms with Crippen molar-refractivity contribution in [3.8, 4) is 17.2 Å². The van der Waals surface area contributed by atoms with Crippen LogP contribution in [0.4, 0.5) is 0 Å². The molecule has 0 unspecified atom stereocenters. The van der Waals surface area contributed by atoms with Gasteiger partial charge in [0.2, 0.25) is 0 Å². The van der Waals surface area contributed by atoms with E-state index in [4.69, 9.17) is 14.2 Å². The molecule has 0 aliphatic carbocycles. The number of hydrogen-bond acceptors (Lipinski definition) is 4. The molecule has 1 aliphatic rings. The van der Waals surface area contributed by atoms with Crippen molar-refractivity contribution in [2.75, 3.05) is 14.2 Å². The molecule has 0 bridgehead atoms. The van der Waals surface area contributed by atoms with Gasteiger partial charge in [-0.1, -0.05) is 32.0 Å². The molecule has 128 valence electrons. The van der Waals surface area contributed by atoms with Gasteiger partial charge in [-0.15, -0.1) is 0 Å². The molecule has 2 aromatic carbocycles. The van der Waals surface area contributed by atoms with Gasteiger partial charge in [-0.2, -0.15) is 0 Å². The molecule has 24 heavy (non-hydrogen) atoms. The first-order valence-corrected chi connectivity index (χ1v) is 8.21. The Hall–Kier alpha value is -2.20. The Morgan fingerprint density at radius 3 is 1.92 bits per heavy atom. The highest BCUT2D eigenvalue weighted by Crippen LogP contribution is 2.49. The Kier molecular flexibility index (Phi) is 4.67. The van der Waals surface area contributed by atoms with Gasteiger partial charge >= 0.3 is 0 Å². The first-order valence-electron chi connectivity index (χ1n) is 8.21. The van der Waals surface area contributed by atoms with Gasteiger partial charge in [0.25, 0.3) is 0 Å². The van der Waals surface area contributed by atoms with E-state index in [0.29, 0.717) is 17.6 Å². The maximum absolute atomic E-state index is 9.49. The van der Waals surface area contributed by atoms with Gasteiger partial charge in [0.15, 0.2) is 11.5 Å². The maximum atomic E-state index is 9.49. The second kappa shape index (κ2) is 6.73. The van der Waals surface area contributed by atoms with E-state index in [-0.39, 0.29) is 18.0 Å². The minimum Gasteiger partial charge on any atom is -0.508 e. The van der Waals surface area contributed by atoms with Gasteiger partial charge in [-0.05, 0) is 47.2 Å². The summed E-state index contributed by atoms with van der Waals surface area (Å²) < 4.78 is 17.1. The normalized spacial score (nSPS) is 26.3. The molecule has 0 amide bonds. The van der Waals surface area contributed by atoms with Crippen molar-refractivity contribution in [1.29, 1.82) is 0 Å². The van der Waals surface area contributed by atoms with Crippen molar-refractivity contribution in [3.63, 3.8) is 0 Å². The van der Waals surface area contributed by atoms with Crippen LogP contribution in [0.25, 0.3) is 0 Å². The molecule has 0 saturated carbocycles. The second-order valence-electron chi connectivity index (χ2n) is 6.40. The lowest BCUT2D eigenvalue weighted by Crippen LogP contribution is -2.10. The number of phenolic OH excluding ortho intramolecular Hbond substituents is 1. The molecular formula is C20H24O4. The SMILES string of the molecule is COc1ccc([C@H]2O[C@H](c3ccc(O)cc3)[C@H](C)[C@@H]2C)cc1OC. The fourth-order valence-corrected chi connectivity index (χ4v) is 3.42. The fourth-order valence-electron chi connectivity index (χ4n) is 3.42. The van der Waals surface area contributed by atoms with Crippen LogP contribution >= 0.6 is 0 Å². The predicted octanol–water partition coefficient (Wildman–Crippen LogP) is 4.49. The quantitative estimate of drug-likeness (QED) is 0.898. The van der Waals surface area contributed by atoms with Crippen LogP contribution < -0.4 is 9.47 Å². The lowest BCUT2D eigenvalue weighted by molar-refractivity contribution is 0.0289. The van der Waals surface area contributed by atoms with Crippen molar-refractivity contribution >= 4 is 0 Å². The van der Waals surface area contributed by atoms with E-state index in [0.717, 1.165) is 16.9 Å². The molecule has 1 fully saturated rings. The smallest absolute Gasteiger partial charge is 0.161 e. The zero-order valence-corrected chi connectivity index (χ0v) is 14.5. The molecule has 1 saturated heterocycles. The first kappa shape index (κ1) is 16.7. The van der Waals surface area contributed by atoms with Crippen molar-refractivity contribution in [2.24, 2.45) is 11.8 Å². The molecule has 3 rings (SSSR count). The zero-order chi connectivity index (χ0) is 17.3. The first-order chi connectivity index (χ1) is 11.5. The van der Waals surface area contributed by atoms with E-state index < -0.39 is 0 Å². The number of phenols is 1. The molecule has 4 atom stereocenters. The van der Waals surface area contributed by atoms with E-state index in [1.165, 1.54) is 0 Å². The van der Waals surface area contributed by atoms with Crippen LogP contribution in [-0.2, 0) is 4.74 Å². The van der Waals surface area contributed by atoms with Crippen molar-refractivity contribution in [3.05, 3.63) is 53.6 Å². The lowest BCUT2D eigenvalue weighted by atomic mass is 9.85. The highest BCUT2D eigenvalue weighted by molar-refractivity contribution is 5.44. The maximum Gasteiger partial charge on any atom is 0.161 e. The highest BCUT2D eigenvalue weighted by atomic mass is 16.5. The minimum atomic E-state index is -0.00129. The van der Waals surface area contributed by atoms with Crippen molar-refractivity contribution < 1.29 is 19.3 Å². The summed E-state index contributed by atoms with van der Waals surface area (Å²) >= 11 is 0. The van der Waals surface area contributed by atoms with Gasteiger partial charge in [0.1, 0.15) is 5.75 Å². The van der Waals surface area contributed by atoms with Gasteiger partial charge < -0.3 is 19.3 Å². The standard InChI is InChI=1S/C20H24O4/c1-12-13(2)20(15-7-10-17(22-3)18(11-15)23-4)24-19(12)14-5-8-16(21)9-6-14/h5-13,19-21H,1-4H3/t12-,13+,19+,20+/m1/s1. The summed E-state index contributed by atoms with van der Waals surface area (Å²) in [5.41, 5.74) is 2.18. The van der Waals surface area contributed by atoms with Gasteiger partial charge in [0.05, 0.1) is 26.4 Å². The van der Waals surface area contributed by atoms with Crippen LogP contribution in [0, 0.1) is 11.8 Å². The Bertz CT molecular complexity index is 695. The molecule has 4 heteroatoms. The monoisotopic (exact) mass is 328 g/mol. The topological polar surface area (TPSA) is 47.9 Å². The average Bonchev–Trinajstić information content (AvgIpc) is 2.90. The van der Waals surface area contributed by atoms with Gasteiger partial charge in [-0.25, -0.2) is 0 Å². The Morgan fingerprint density at radius 1 is 0.792 bits per heavy atom. The van der Waals surface area contributed by atoms with E-state index in [1.807, 2.05) is 30.3 Å². The summed E-state index contributed by atoms with van der Waals surface area (Å²) in [4.78, 5) is 0. The minimum absolute atomic E-state index is 0.00129. The Balaban J connectivity index is 1.88. The summed E-state index contributed by atoms with van der Waals surface area (Å²) in [6.07, 6.45) is 0.0114. The van der Waals surface area contributed by atoms with E-state index in [2.05, 4.69) is 13.8 Å². The molecule has 1 heterocycles. The molecule has 1 N–H and O–H groups in total. The molecule has 0 spiro atoms. The summed E-state index contributed by atoms with van der Waals surface area (Å²) in [6.45, 7) is 4.43. The Morgan fingerprint density at radius 2 is 1.33 bits per heavy atom. The van der Waals surface area contributed by atoms with Gasteiger partial charge in [-0.3, -0.25) is 0 Å². The lowest BCUT2D eigenvalue weighted by Gasteiger charge is -2.18. The third kappa shape index (κ3) is 2.94. The molecule has 0 radical (unpaired) electrons. The average molecular weight is 328 g/mol. The number of benzene rings is 2. The summed E-state index contributed by atoms with van der Waals surface area (Å²) in [5.74, 6) is 2.44. The van der Waals surface area contributed by atoms with Crippen LogP contribution in [0.3, 0.4) is 0 Å². The predicted molar refractivity (Wildman–Crippen MR) is 92.5 cm³/mol. The number of methoxy groups -OCH3 is 2. The second-order valence-corrected chi connectivity index (χ2v) is 6.40. The van der Waals surface area contributed by atoms with Crippen LogP contribution in [0.1, 0.15) is 37.2 Å². The third-order valence-corrected chi connectivity index (χ3v) is 5.04. The number of rotatable bonds is 4. The summed E-state index contributed by atoms with van der Waals surface area (Å²) in [7, 11) is 3.28. The molecule has 4 nitrogen and oxygen atoms in total. The molecule has 0 aromatic heterocycles. The van der Waals surface area contributed by atoms with Crippen LogP contribution in [0.2, 0.25) is 0 Å². The molecule has 1 aliphatic heterocycles. The summed E-state index contributed by atoms with van der Waals surface area (Å²) in [5, 5.41) is 9.49. The molecule has 2 aromatic rings. The van der Waals surface area contributed by atoms with Crippen LogP contribution in [0.5, 0.6) is 17.2 Å². The van der Waals surface area contributed by atoms with Crippen molar-refractivity contribution in [1.82, 2.24) is 0 Å². The summed E-state index contributed by atoms with van der Waals surface area (Å²) in [6, 6.07) is 13.2. The van der Waals surface area contributed by atoms with Gasteiger partial charge in [0, 0.05) is 0 Å². The zero-order valence-electron chi connectivity index (χ0n) is 14.5. The largest absolute Gasteiger partial charge is 0.508 e. The van der Waals surface area contributed by atoms with E-state index >= 15 is 0 Å². The van der Waals surface area contributed by atoms with Crippen molar-refractivity contribution in [2.45, 2.75) is 26.1 Å². The van der Waals surface area contributed by atoms with Crippen LogP contribution in [-0.4, -0.2) is 19.3 Å². The number of hydrogen-bond donors (Lipinski definition) is 1. The van der Waals surface area contributed by atoms with Crippen LogP contribution in [0.15, 0.2) is 42.5 Å². The third-order valence-electron chi connectivity index (χ3n) is 5.04. The highest BCUT2D eigenvalue weighted by Gasteiger charge is 2.40.